The molecule has 8 heavy (non-hydrogen) atoms. The fraction of sp³-hybridized carbons (Fsp3) is 0.400. The third-order valence-electron chi connectivity index (χ3n) is 1.000. The maximum atomic E-state index is 10.4. The summed E-state index contributed by atoms with van der Waals surface area (Å²) in [5, 5.41) is 8.85. The zero-order valence-corrected chi connectivity index (χ0v) is 4.85. The second-order valence-electron chi connectivity index (χ2n) is 1.71. The van der Waals surface area contributed by atoms with E-state index in [1.165, 1.54) is 6.08 Å². The van der Waals surface area contributed by atoms with Gasteiger partial charge in [-0.25, -0.2) is 0 Å². The lowest BCUT2D eigenvalue weighted by molar-refractivity contribution is -0.115. The highest BCUT2D eigenvalue weighted by molar-refractivity contribution is 6.43. The molecule has 0 amide bonds. The van der Waals surface area contributed by atoms with Crippen molar-refractivity contribution in [2.75, 3.05) is 0 Å². The maximum Gasteiger partial charge on any atom is 0.176 e. The molecule has 0 saturated carbocycles. The van der Waals surface area contributed by atoms with Crippen LogP contribution in [0.2, 0.25) is 0 Å². The Morgan fingerprint density at radius 2 is 2.50 bits per heavy atom. The molecule has 0 aromatic carbocycles. The lowest BCUT2D eigenvalue weighted by Gasteiger charge is -1.88. The van der Waals surface area contributed by atoms with Crippen molar-refractivity contribution in [1.82, 2.24) is 0 Å². The number of carbonyl (C=O) groups is 1. The Morgan fingerprint density at radius 3 is 2.62 bits per heavy atom. The van der Waals surface area contributed by atoms with Crippen LogP contribution in [-0.2, 0) is 4.79 Å². The number of hydrogen-bond donors (Lipinski definition) is 1. The van der Waals surface area contributed by atoms with Gasteiger partial charge in [0.05, 0.1) is 11.1 Å². The van der Waals surface area contributed by atoms with Gasteiger partial charge < -0.3 is 5.11 Å². The quantitative estimate of drug-likeness (QED) is 0.520. The number of rotatable bonds is 0. The summed E-state index contributed by atoms with van der Waals surface area (Å²) in [5.41, 5.74) is 0. The normalized spacial score (nSPS) is 28.5. The Hall–Kier alpha value is -0.340. The molecule has 1 rings (SSSR count). The summed E-state index contributed by atoms with van der Waals surface area (Å²) in [5.74, 6) is -0.167. The van der Waals surface area contributed by atoms with Crippen molar-refractivity contribution in [3.05, 3.63) is 11.1 Å². The van der Waals surface area contributed by atoms with E-state index in [-0.39, 0.29) is 17.2 Å². The van der Waals surface area contributed by atoms with E-state index in [1.54, 1.807) is 0 Å². The lowest BCUT2D eigenvalue weighted by Crippen LogP contribution is -1.99. The summed E-state index contributed by atoms with van der Waals surface area (Å²) in [4.78, 5) is 10.4. The summed E-state index contributed by atoms with van der Waals surface area (Å²) >= 11 is 5.31. The highest BCUT2D eigenvalue weighted by Crippen LogP contribution is 2.16. The number of Topliss-reactive ketones (excluding diaryl/α,β-unsaturated/α-hetero) is 1. The minimum atomic E-state index is -0.644. The maximum absolute atomic E-state index is 10.4. The second kappa shape index (κ2) is 1.88. The topological polar surface area (TPSA) is 37.3 Å². The molecular weight excluding hydrogens is 128 g/mol. The van der Waals surface area contributed by atoms with Gasteiger partial charge in [0.2, 0.25) is 0 Å². The molecule has 2 nitrogen and oxygen atoms in total. The van der Waals surface area contributed by atoms with Crippen LogP contribution in [0.3, 0.4) is 0 Å². The number of allylic oxidation sites excluding steroid dienone is 1. The van der Waals surface area contributed by atoms with Crippen molar-refractivity contribution in [1.29, 1.82) is 0 Å². The van der Waals surface area contributed by atoms with Gasteiger partial charge in [0.15, 0.2) is 5.78 Å². The van der Waals surface area contributed by atoms with E-state index in [0.717, 1.165) is 0 Å². The van der Waals surface area contributed by atoms with E-state index in [4.69, 9.17) is 16.7 Å². The molecule has 0 saturated heterocycles. The molecule has 44 valence electrons. The first-order valence-corrected chi connectivity index (χ1v) is 2.66. The van der Waals surface area contributed by atoms with Crippen molar-refractivity contribution < 1.29 is 9.90 Å². The van der Waals surface area contributed by atoms with E-state index in [2.05, 4.69) is 0 Å². The SMILES string of the molecule is O=C1C[C@@H](O)C=C1Cl. The number of aliphatic hydroxyl groups excluding tert-OH is 1. The van der Waals surface area contributed by atoms with E-state index in [9.17, 15) is 4.79 Å². The van der Waals surface area contributed by atoms with Crippen LogP contribution in [0.1, 0.15) is 6.42 Å². The van der Waals surface area contributed by atoms with Gasteiger partial charge in [-0.3, -0.25) is 4.79 Å². The summed E-state index contributed by atoms with van der Waals surface area (Å²) < 4.78 is 0. The molecule has 0 aromatic rings. The van der Waals surface area contributed by atoms with E-state index in [1.807, 2.05) is 0 Å². The van der Waals surface area contributed by atoms with Crippen LogP contribution in [0.5, 0.6) is 0 Å². The third-order valence-corrected chi connectivity index (χ3v) is 1.34. The number of hydrogen-bond acceptors (Lipinski definition) is 2. The van der Waals surface area contributed by atoms with Crippen LogP contribution in [-0.4, -0.2) is 17.0 Å². The number of aliphatic hydroxyl groups is 1. The first-order valence-electron chi connectivity index (χ1n) is 2.29. The van der Waals surface area contributed by atoms with Gasteiger partial charge >= 0.3 is 0 Å². The van der Waals surface area contributed by atoms with Gasteiger partial charge in [0.25, 0.3) is 0 Å². The third kappa shape index (κ3) is 0.904. The Morgan fingerprint density at radius 1 is 1.88 bits per heavy atom. The van der Waals surface area contributed by atoms with Crippen molar-refractivity contribution in [3.63, 3.8) is 0 Å². The molecule has 0 aliphatic heterocycles. The van der Waals surface area contributed by atoms with Gasteiger partial charge in [-0.15, -0.1) is 0 Å². The van der Waals surface area contributed by atoms with Crippen LogP contribution in [0.15, 0.2) is 11.1 Å². The van der Waals surface area contributed by atoms with Gasteiger partial charge in [-0.1, -0.05) is 11.6 Å². The highest BCUT2D eigenvalue weighted by Gasteiger charge is 2.19. The monoisotopic (exact) mass is 132 g/mol. The fourth-order valence-electron chi connectivity index (χ4n) is 0.608. The molecule has 3 heteroatoms. The van der Waals surface area contributed by atoms with Crippen LogP contribution in [0.4, 0.5) is 0 Å². The predicted octanol–water partition coefficient (Wildman–Crippen LogP) is 0.443. The summed E-state index contributed by atoms with van der Waals surface area (Å²) in [6.45, 7) is 0. The summed E-state index contributed by atoms with van der Waals surface area (Å²) in [6, 6.07) is 0. The smallest absolute Gasteiger partial charge is 0.176 e. The molecule has 0 unspecified atom stereocenters. The van der Waals surface area contributed by atoms with Gasteiger partial charge in [0, 0.05) is 6.42 Å². The Balaban J connectivity index is 2.73. The van der Waals surface area contributed by atoms with Crippen LogP contribution in [0, 0.1) is 0 Å². The first kappa shape index (κ1) is 5.79. The largest absolute Gasteiger partial charge is 0.389 e. The number of halogens is 1. The average molecular weight is 133 g/mol. The standard InChI is InChI=1S/C5H5ClO2/c6-4-1-3(7)2-5(4)8/h1,3,7H,2H2/t3-/m0/s1. The Kier molecular flexibility index (Phi) is 1.36. The molecule has 0 heterocycles. The molecule has 0 fully saturated rings. The van der Waals surface area contributed by atoms with Crippen LogP contribution >= 0.6 is 11.6 Å². The van der Waals surface area contributed by atoms with E-state index in [0.29, 0.717) is 0 Å². The molecule has 0 bridgehead atoms. The Bertz CT molecular complexity index is 151. The molecule has 0 radical (unpaired) electrons. The number of carbonyl (C=O) groups excluding carboxylic acids is 1. The number of ketones is 1. The molecule has 1 atom stereocenters. The van der Waals surface area contributed by atoms with Crippen molar-refractivity contribution in [3.8, 4) is 0 Å². The van der Waals surface area contributed by atoms with Crippen molar-refractivity contribution in [2.24, 2.45) is 0 Å². The molecule has 0 aromatic heterocycles. The highest BCUT2D eigenvalue weighted by atomic mass is 35.5. The minimum absolute atomic E-state index is 0.152. The first-order chi connectivity index (χ1) is 3.70. The molecule has 1 N–H and O–H groups in total. The molecular formula is C5H5ClO2. The van der Waals surface area contributed by atoms with Crippen LogP contribution in [0.25, 0.3) is 0 Å². The Labute approximate surface area is 51.8 Å². The second-order valence-corrected chi connectivity index (χ2v) is 2.12. The van der Waals surface area contributed by atoms with Crippen molar-refractivity contribution >= 4 is 17.4 Å². The van der Waals surface area contributed by atoms with Crippen LogP contribution < -0.4 is 0 Å². The average Bonchev–Trinajstić information content (AvgIpc) is 1.85. The minimum Gasteiger partial charge on any atom is -0.389 e. The molecule has 0 spiro atoms. The van der Waals surface area contributed by atoms with Gasteiger partial charge in [-0.2, -0.15) is 0 Å². The van der Waals surface area contributed by atoms with E-state index < -0.39 is 6.10 Å². The van der Waals surface area contributed by atoms with E-state index >= 15 is 0 Å². The summed E-state index contributed by atoms with van der Waals surface area (Å²) in [7, 11) is 0. The zero-order chi connectivity index (χ0) is 6.15. The molecule has 1 aliphatic carbocycles. The lowest BCUT2D eigenvalue weighted by atomic mass is 10.3. The molecule has 1 aliphatic rings. The van der Waals surface area contributed by atoms with Gasteiger partial charge in [0.1, 0.15) is 0 Å². The summed E-state index contributed by atoms with van der Waals surface area (Å²) in [6.07, 6.45) is 0.859. The fourth-order valence-corrected chi connectivity index (χ4v) is 0.831. The zero-order valence-electron chi connectivity index (χ0n) is 4.10. The predicted molar refractivity (Wildman–Crippen MR) is 29.6 cm³/mol. The van der Waals surface area contributed by atoms with Crippen molar-refractivity contribution in [2.45, 2.75) is 12.5 Å². The van der Waals surface area contributed by atoms with Gasteiger partial charge in [-0.05, 0) is 6.08 Å².